The fourth-order valence-electron chi connectivity index (χ4n) is 2.24. The maximum atomic E-state index is 13.7. The summed E-state index contributed by atoms with van der Waals surface area (Å²) < 4.78 is 26.5. The molecule has 0 bridgehead atoms. The van der Waals surface area contributed by atoms with Crippen molar-refractivity contribution in [2.24, 2.45) is 0 Å². The van der Waals surface area contributed by atoms with Crippen molar-refractivity contribution < 1.29 is 13.9 Å². The summed E-state index contributed by atoms with van der Waals surface area (Å²) in [6, 6.07) is 11.0. The number of rotatable bonds is 4. The van der Waals surface area contributed by atoms with Crippen LogP contribution in [0.3, 0.4) is 0 Å². The molecule has 0 aliphatic rings. The van der Waals surface area contributed by atoms with Crippen molar-refractivity contribution in [2.45, 2.75) is 32.3 Å². The third-order valence-corrected chi connectivity index (χ3v) is 3.53. The van der Waals surface area contributed by atoms with E-state index in [0.29, 0.717) is 5.56 Å². The number of aryl methyl sites for hydroxylation is 1. The highest BCUT2D eigenvalue weighted by Gasteiger charge is 2.25. The first-order chi connectivity index (χ1) is 9.42. The van der Waals surface area contributed by atoms with Crippen LogP contribution < -0.4 is 0 Å². The van der Waals surface area contributed by atoms with Gasteiger partial charge in [0.1, 0.15) is 11.6 Å². The Morgan fingerprint density at radius 3 is 2.25 bits per heavy atom. The van der Waals surface area contributed by atoms with Gasteiger partial charge in [0.05, 0.1) is 5.60 Å². The second-order valence-corrected chi connectivity index (χ2v) is 5.24. The van der Waals surface area contributed by atoms with Crippen molar-refractivity contribution in [1.29, 1.82) is 0 Å². The molecule has 106 valence electrons. The van der Waals surface area contributed by atoms with Crippen LogP contribution in [0.15, 0.2) is 42.5 Å². The second kappa shape index (κ2) is 5.71. The standard InChI is InChI=1S/C17H18F2O/c1-3-12-4-7-14(8-5-12)17(2,20)11-13-6-9-15(18)10-16(13)19/h4-10,20H,3,11H2,1-2H3. The van der Waals surface area contributed by atoms with E-state index in [4.69, 9.17) is 0 Å². The monoisotopic (exact) mass is 276 g/mol. The molecule has 0 aromatic heterocycles. The zero-order chi connectivity index (χ0) is 14.8. The molecule has 2 aromatic rings. The first-order valence-electron chi connectivity index (χ1n) is 6.68. The third-order valence-electron chi connectivity index (χ3n) is 3.53. The lowest BCUT2D eigenvalue weighted by atomic mass is 9.88. The van der Waals surface area contributed by atoms with E-state index in [1.807, 2.05) is 24.3 Å². The molecule has 1 atom stereocenters. The Morgan fingerprint density at radius 2 is 1.70 bits per heavy atom. The maximum absolute atomic E-state index is 13.7. The predicted molar refractivity (Wildman–Crippen MR) is 75.5 cm³/mol. The summed E-state index contributed by atoms with van der Waals surface area (Å²) >= 11 is 0. The average molecular weight is 276 g/mol. The molecule has 3 heteroatoms. The van der Waals surface area contributed by atoms with Crippen molar-refractivity contribution >= 4 is 0 Å². The highest BCUT2D eigenvalue weighted by Crippen LogP contribution is 2.27. The van der Waals surface area contributed by atoms with Gasteiger partial charge in [-0.05, 0) is 36.1 Å². The summed E-state index contributed by atoms with van der Waals surface area (Å²) in [5.74, 6) is -1.24. The lowest BCUT2D eigenvalue weighted by Crippen LogP contribution is -2.24. The summed E-state index contributed by atoms with van der Waals surface area (Å²) in [7, 11) is 0. The molecule has 0 saturated carbocycles. The zero-order valence-electron chi connectivity index (χ0n) is 11.7. The van der Waals surface area contributed by atoms with Crippen molar-refractivity contribution in [1.82, 2.24) is 0 Å². The van der Waals surface area contributed by atoms with Gasteiger partial charge in [0.2, 0.25) is 0 Å². The number of hydrogen-bond donors (Lipinski definition) is 1. The van der Waals surface area contributed by atoms with Gasteiger partial charge in [0.25, 0.3) is 0 Å². The normalized spacial score (nSPS) is 14.1. The summed E-state index contributed by atoms with van der Waals surface area (Å²) in [6.07, 6.45) is 1.03. The van der Waals surface area contributed by atoms with Gasteiger partial charge in [-0.1, -0.05) is 37.3 Å². The fraction of sp³-hybridized carbons (Fsp3) is 0.294. The van der Waals surface area contributed by atoms with E-state index in [2.05, 4.69) is 6.92 Å². The van der Waals surface area contributed by atoms with Crippen molar-refractivity contribution in [3.63, 3.8) is 0 Å². The van der Waals surface area contributed by atoms with E-state index in [0.717, 1.165) is 18.1 Å². The Balaban J connectivity index is 2.25. The van der Waals surface area contributed by atoms with E-state index >= 15 is 0 Å². The number of aliphatic hydroxyl groups is 1. The van der Waals surface area contributed by atoms with Crippen LogP contribution in [0.5, 0.6) is 0 Å². The first kappa shape index (κ1) is 14.7. The Kier molecular flexibility index (Phi) is 4.19. The van der Waals surface area contributed by atoms with Crippen molar-refractivity contribution in [3.8, 4) is 0 Å². The third kappa shape index (κ3) is 3.23. The molecule has 1 N–H and O–H groups in total. The molecular formula is C17H18F2O. The molecule has 0 heterocycles. The van der Waals surface area contributed by atoms with Crippen LogP contribution in [-0.2, 0) is 18.4 Å². The van der Waals surface area contributed by atoms with Crippen LogP contribution in [0.2, 0.25) is 0 Å². The molecule has 1 nitrogen and oxygen atoms in total. The van der Waals surface area contributed by atoms with Crippen LogP contribution in [0.25, 0.3) is 0 Å². The Hall–Kier alpha value is -1.74. The van der Waals surface area contributed by atoms with Crippen LogP contribution in [0.1, 0.15) is 30.5 Å². The molecule has 20 heavy (non-hydrogen) atoms. The van der Waals surface area contributed by atoms with Crippen LogP contribution >= 0.6 is 0 Å². The molecule has 0 spiro atoms. The van der Waals surface area contributed by atoms with Crippen molar-refractivity contribution in [2.75, 3.05) is 0 Å². The van der Waals surface area contributed by atoms with E-state index in [9.17, 15) is 13.9 Å². The highest BCUT2D eigenvalue weighted by atomic mass is 19.1. The number of hydrogen-bond acceptors (Lipinski definition) is 1. The van der Waals surface area contributed by atoms with Gasteiger partial charge in [-0.3, -0.25) is 0 Å². The Labute approximate surface area is 117 Å². The average Bonchev–Trinajstić information content (AvgIpc) is 2.42. The SMILES string of the molecule is CCc1ccc(C(C)(O)Cc2ccc(F)cc2F)cc1. The van der Waals surface area contributed by atoms with Crippen LogP contribution in [0, 0.1) is 11.6 Å². The van der Waals surface area contributed by atoms with E-state index in [-0.39, 0.29) is 6.42 Å². The molecule has 0 aliphatic carbocycles. The number of benzene rings is 2. The Bertz CT molecular complexity index is 588. The van der Waals surface area contributed by atoms with Gasteiger partial charge in [-0.2, -0.15) is 0 Å². The minimum atomic E-state index is -1.19. The van der Waals surface area contributed by atoms with Gasteiger partial charge < -0.3 is 5.11 Å². The minimum Gasteiger partial charge on any atom is -0.385 e. The molecule has 0 radical (unpaired) electrons. The molecule has 0 aliphatic heterocycles. The second-order valence-electron chi connectivity index (χ2n) is 5.24. The topological polar surface area (TPSA) is 20.2 Å². The predicted octanol–water partition coefficient (Wildman–Crippen LogP) is 3.98. The van der Waals surface area contributed by atoms with E-state index < -0.39 is 17.2 Å². The molecule has 0 saturated heterocycles. The van der Waals surface area contributed by atoms with Gasteiger partial charge >= 0.3 is 0 Å². The minimum absolute atomic E-state index is 0.102. The van der Waals surface area contributed by atoms with E-state index in [1.165, 1.54) is 17.7 Å². The van der Waals surface area contributed by atoms with Gasteiger partial charge in [-0.15, -0.1) is 0 Å². The summed E-state index contributed by atoms with van der Waals surface area (Å²) in [6.45, 7) is 3.69. The summed E-state index contributed by atoms with van der Waals surface area (Å²) in [4.78, 5) is 0. The lowest BCUT2D eigenvalue weighted by molar-refractivity contribution is 0.0566. The van der Waals surface area contributed by atoms with E-state index in [1.54, 1.807) is 6.92 Å². The quantitative estimate of drug-likeness (QED) is 0.895. The van der Waals surface area contributed by atoms with Crippen LogP contribution in [-0.4, -0.2) is 5.11 Å². The lowest BCUT2D eigenvalue weighted by Gasteiger charge is -2.24. The molecular weight excluding hydrogens is 258 g/mol. The molecule has 0 amide bonds. The molecule has 2 aromatic carbocycles. The van der Waals surface area contributed by atoms with Crippen molar-refractivity contribution in [3.05, 3.63) is 70.8 Å². The summed E-state index contributed by atoms with van der Waals surface area (Å²) in [5.41, 5.74) is 1.01. The maximum Gasteiger partial charge on any atom is 0.129 e. The molecule has 0 fully saturated rings. The van der Waals surface area contributed by atoms with Gasteiger partial charge in [0, 0.05) is 12.5 Å². The first-order valence-corrected chi connectivity index (χ1v) is 6.68. The van der Waals surface area contributed by atoms with Crippen LogP contribution in [0.4, 0.5) is 8.78 Å². The number of halogens is 2. The van der Waals surface area contributed by atoms with Gasteiger partial charge in [0.15, 0.2) is 0 Å². The highest BCUT2D eigenvalue weighted by molar-refractivity contribution is 5.30. The Morgan fingerprint density at radius 1 is 1.05 bits per heavy atom. The largest absolute Gasteiger partial charge is 0.385 e. The zero-order valence-corrected chi connectivity index (χ0v) is 11.7. The summed E-state index contributed by atoms with van der Waals surface area (Å²) in [5, 5.41) is 10.5. The molecule has 1 unspecified atom stereocenters. The fourth-order valence-corrected chi connectivity index (χ4v) is 2.24. The smallest absolute Gasteiger partial charge is 0.129 e. The van der Waals surface area contributed by atoms with Gasteiger partial charge in [-0.25, -0.2) is 8.78 Å². The molecule has 2 rings (SSSR count).